The zero-order valence-electron chi connectivity index (χ0n) is 8.76. The zero-order chi connectivity index (χ0) is 11.0. The van der Waals surface area contributed by atoms with Gasteiger partial charge in [0.05, 0.1) is 0 Å². The first-order valence-corrected chi connectivity index (χ1v) is 6.08. The molecule has 0 aliphatic heterocycles. The summed E-state index contributed by atoms with van der Waals surface area (Å²) in [7, 11) is 5.02. The zero-order valence-corrected chi connectivity index (χ0v) is 10.8. The Bertz CT molecular complexity index is 237. The van der Waals surface area contributed by atoms with Crippen LogP contribution in [-0.2, 0) is 4.74 Å². The molecule has 6 heteroatoms. The van der Waals surface area contributed by atoms with Crippen LogP contribution < -0.4 is 0 Å². The predicted octanol–water partition coefficient (Wildman–Crippen LogP) is 0.566. The Morgan fingerprint density at radius 2 is 2.36 bits per heavy atom. The maximum atomic E-state index is 9.63. The SMILES string of the molecule is C#[SH]=BCCN(P)[C@H](C)C(O)COC. The van der Waals surface area contributed by atoms with Gasteiger partial charge in [-0.3, -0.25) is 0 Å². The number of hydrogen-bond donors (Lipinski definition) is 2. The third-order valence-corrected chi connectivity index (χ3v) is 3.24. The van der Waals surface area contributed by atoms with E-state index >= 15 is 0 Å². The van der Waals surface area contributed by atoms with E-state index in [9.17, 15) is 5.11 Å². The summed E-state index contributed by atoms with van der Waals surface area (Å²) in [4.78, 5) is 0. The molecule has 0 radical (unpaired) electrons. The van der Waals surface area contributed by atoms with Crippen molar-refractivity contribution in [2.45, 2.75) is 25.4 Å². The summed E-state index contributed by atoms with van der Waals surface area (Å²) in [5, 5.41) is 9.63. The molecule has 2 unspecified atom stereocenters. The van der Waals surface area contributed by atoms with Crippen molar-refractivity contribution in [2.24, 2.45) is 0 Å². The van der Waals surface area contributed by atoms with E-state index in [1.54, 1.807) is 7.11 Å². The fraction of sp³-hybridized carbons (Fsp3) is 0.875. The maximum absolute atomic E-state index is 9.63. The van der Waals surface area contributed by atoms with Gasteiger partial charge in [0.25, 0.3) is 0 Å². The van der Waals surface area contributed by atoms with Gasteiger partial charge in [-0.15, -0.1) is 0 Å². The van der Waals surface area contributed by atoms with Gasteiger partial charge in [0.1, 0.15) is 0 Å². The molecule has 0 fully saturated rings. The number of rotatable bonds is 7. The van der Waals surface area contributed by atoms with E-state index in [1.165, 1.54) is 0 Å². The molecule has 82 valence electrons. The molecule has 0 aromatic heterocycles. The Morgan fingerprint density at radius 3 is 2.86 bits per heavy atom. The van der Waals surface area contributed by atoms with Crippen molar-refractivity contribution < 1.29 is 9.84 Å². The van der Waals surface area contributed by atoms with Gasteiger partial charge >= 0.3 is 92.0 Å². The number of ether oxygens (including phenoxy) is 1. The fourth-order valence-electron chi connectivity index (χ4n) is 1.02. The molecule has 3 atom stereocenters. The Morgan fingerprint density at radius 1 is 1.71 bits per heavy atom. The molecular weight excluding hydrogens is 216 g/mol. The van der Waals surface area contributed by atoms with Crippen molar-refractivity contribution in [3.05, 3.63) is 0 Å². The van der Waals surface area contributed by atoms with Gasteiger partial charge in [0, 0.05) is 0 Å². The summed E-state index contributed by atoms with van der Waals surface area (Å²) in [6.45, 7) is 3.21. The molecule has 0 aliphatic carbocycles. The minimum atomic E-state index is -0.451. The van der Waals surface area contributed by atoms with Crippen LogP contribution in [0.25, 0.3) is 0 Å². The predicted molar refractivity (Wildman–Crippen MR) is 68.3 cm³/mol. The van der Waals surface area contributed by atoms with Gasteiger partial charge in [-0.2, -0.15) is 0 Å². The second kappa shape index (κ2) is 8.66. The summed E-state index contributed by atoms with van der Waals surface area (Å²) in [6, 6.07) is 0.0720. The summed E-state index contributed by atoms with van der Waals surface area (Å²) in [6.07, 6.45) is 2.46. The third kappa shape index (κ3) is 5.97. The van der Waals surface area contributed by atoms with Gasteiger partial charge in [-0.1, -0.05) is 0 Å². The molecule has 0 heterocycles. The first-order valence-electron chi connectivity index (χ1n) is 4.53. The van der Waals surface area contributed by atoms with Gasteiger partial charge in [0.2, 0.25) is 0 Å². The second-order valence-corrected chi connectivity index (χ2v) is 4.45. The monoisotopic (exact) mass is 235 g/mol. The van der Waals surface area contributed by atoms with Crippen LogP contribution in [0.5, 0.6) is 0 Å². The molecule has 0 aliphatic rings. The normalized spacial score (nSPS) is 14.9. The summed E-state index contributed by atoms with van der Waals surface area (Å²) < 4.78 is 6.90. The average molecular weight is 235 g/mol. The van der Waals surface area contributed by atoms with E-state index in [0.717, 1.165) is 23.5 Å². The topological polar surface area (TPSA) is 32.7 Å². The van der Waals surface area contributed by atoms with Crippen LogP contribution in [0, 0.1) is 5.69 Å². The fourth-order valence-corrected chi connectivity index (χ4v) is 1.63. The van der Waals surface area contributed by atoms with Crippen LogP contribution in [0.3, 0.4) is 0 Å². The van der Waals surface area contributed by atoms with Crippen molar-refractivity contribution in [1.82, 2.24) is 4.67 Å². The standard InChI is InChI=1S/C8H19BNO2PS/c1-7(8(11)6-12-2)10(13)5-4-9-14-3/h3,7-8,11,14H,4-6,13H2,1-2H3/t7-,8?/m1/s1. The van der Waals surface area contributed by atoms with Gasteiger partial charge in [0.15, 0.2) is 0 Å². The van der Waals surface area contributed by atoms with E-state index in [0.29, 0.717) is 6.61 Å². The second-order valence-electron chi connectivity index (χ2n) is 3.12. The van der Waals surface area contributed by atoms with E-state index in [2.05, 4.69) is 9.39 Å². The van der Waals surface area contributed by atoms with E-state index in [-0.39, 0.29) is 6.04 Å². The van der Waals surface area contributed by atoms with Gasteiger partial charge in [-0.05, 0) is 0 Å². The molecule has 3 nitrogen and oxygen atoms in total. The molecule has 0 saturated heterocycles. The van der Waals surface area contributed by atoms with Crippen LogP contribution in [0.15, 0.2) is 0 Å². The number of thiol groups is 1. The molecular formula is C8H19BNO2PS. The third-order valence-electron chi connectivity index (χ3n) is 2.04. The van der Waals surface area contributed by atoms with E-state index in [4.69, 9.17) is 10.4 Å². The molecule has 0 saturated carbocycles. The van der Waals surface area contributed by atoms with Crippen molar-refractivity contribution in [3.63, 3.8) is 0 Å². The number of nitrogens with zero attached hydrogens (tertiary/aromatic N) is 1. The molecule has 14 heavy (non-hydrogen) atoms. The molecule has 0 rings (SSSR count). The van der Waals surface area contributed by atoms with Crippen LogP contribution in [-0.4, -0.2) is 48.3 Å². The number of hydrogen-bond acceptors (Lipinski definition) is 3. The minimum absolute atomic E-state index is 0.0720. The van der Waals surface area contributed by atoms with Crippen LogP contribution in [0.4, 0.5) is 0 Å². The Hall–Kier alpha value is 0.375. The molecule has 0 spiro atoms. The van der Waals surface area contributed by atoms with Crippen LogP contribution >= 0.6 is 20.0 Å². The number of aliphatic hydroxyl groups excluding tert-OH is 1. The average Bonchev–Trinajstić information content (AvgIpc) is 2.17. The summed E-state index contributed by atoms with van der Waals surface area (Å²) in [5.41, 5.74) is 5.32. The summed E-state index contributed by atoms with van der Waals surface area (Å²) >= 11 is 0. The van der Waals surface area contributed by atoms with Crippen molar-refractivity contribution >= 4 is 26.1 Å². The van der Waals surface area contributed by atoms with Gasteiger partial charge in [-0.25, -0.2) is 0 Å². The van der Waals surface area contributed by atoms with Gasteiger partial charge < -0.3 is 0 Å². The molecule has 0 bridgehead atoms. The Balaban J connectivity index is 3.86. The van der Waals surface area contributed by atoms with Crippen LogP contribution in [0.1, 0.15) is 6.92 Å². The van der Waals surface area contributed by atoms with E-state index < -0.39 is 6.10 Å². The Labute approximate surface area is 92.4 Å². The van der Waals surface area contributed by atoms with Crippen molar-refractivity contribution in [2.75, 3.05) is 20.3 Å². The molecule has 0 aromatic rings. The van der Waals surface area contributed by atoms with Crippen molar-refractivity contribution in [1.29, 1.82) is 0 Å². The van der Waals surface area contributed by atoms with Crippen molar-refractivity contribution in [3.8, 4) is 5.69 Å². The molecule has 1 N–H and O–H groups in total. The molecule has 0 aromatic carbocycles. The first kappa shape index (κ1) is 14.4. The number of methoxy groups -OCH3 is 1. The summed E-state index contributed by atoms with van der Waals surface area (Å²) in [5.74, 6) is 0. The Kier molecular flexibility index (Phi) is 8.90. The number of aliphatic hydroxyl groups is 1. The van der Waals surface area contributed by atoms with E-state index in [1.807, 2.05) is 17.7 Å². The first-order chi connectivity index (χ1) is 6.63. The van der Waals surface area contributed by atoms with Crippen LogP contribution in [0.2, 0.25) is 6.32 Å². The molecule has 0 amide bonds. The quantitative estimate of drug-likeness (QED) is 0.384.